The van der Waals surface area contributed by atoms with Gasteiger partial charge in [0.1, 0.15) is 0 Å². The Hall–Kier alpha value is -0.570. The fourth-order valence-corrected chi connectivity index (χ4v) is 1.14. The topological polar surface area (TPSA) is 38.3 Å². The van der Waals surface area contributed by atoms with E-state index in [-0.39, 0.29) is 5.97 Å². The highest BCUT2D eigenvalue weighted by Gasteiger charge is 2.11. The number of hydrogen-bond acceptors (Lipinski definition) is 3. The average Bonchev–Trinajstić information content (AvgIpc) is 2.04. The monoisotopic (exact) mass is 173 g/mol. The van der Waals surface area contributed by atoms with Gasteiger partial charge >= 0.3 is 5.97 Å². The van der Waals surface area contributed by atoms with Crippen molar-refractivity contribution in [1.29, 1.82) is 0 Å². The third-order valence-electron chi connectivity index (χ3n) is 1.98. The summed E-state index contributed by atoms with van der Waals surface area (Å²) in [7, 11) is 1.40. The second-order valence-electron chi connectivity index (χ2n) is 3.22. The van der Waals surface area contributed by atoms with Crippen molar-refractivity contribution in [3.8, 4) is 0 Å². The molecule has 1 atom stereocenters. The predicted octanol–water partition coefficient (Wildman–Crippen LogP) is 1.18. The molecule has 0 heterocycles. The summed E-state index contributed by atoms with van der Waals surface area (Å²) in [6.45, 7) is 6.69. The third-order valence-corrected chi connectivity index (χ3v) is 1.98. The molecule has 0 fully saturated rings. The van der Waals surface area contributed by atoms with Crippen LogP contribution in [0.2, 0.25) is 0 Å². The zero-order valence-electron chi connectivity index (χ0n) is 8.39. The van der Waals surface area contributed by atoms with Crippen molar-refractivity contribution >= 4 is 5.97 Å². The van der Waals surface area contributed by atoms with Crippen LogP contribution in [0.25, 0.3) is 0 Å². The molecule has 72 valence electrons. The van der Waals surface area contributed by atoms with E-state index in [1.165, 1.54) is 7.11 Å². The van der Waals surface area contributed by atoms with E-state index < -0.39 is 0 Å². The molecule has 0 bridgehead atoms. The molecular formula is C9H19NO2. The first kappa shape index (κ1) is 11.4. The highest BCUT2D eigenvalue weighted by atomic mass is 16.5. The molecule has 1 N–H and O–H groups in total. The van der Waals surface area contributed by atoms with Crippen LogP contribution in [-0.4, -0.2) is 25.7 Å². The molecular weight excluding hydrogens is 154 g/mol. The summed E-state index contributed by atoms with van der Waals surface area (Å²) in [5, 5.41) is 3.14. The molecule has 0 aliphatic heterocycles. The standard InChI is InChI=1S/C9H19NO2/c1-5-8(7(2)3)10-6-9(11)12-4/h7-8,10H,5-6H2,1-4H3. The molecule has 0 aliphatic carbocycles. The Balaban J connectivity index is 3.65. The van der Waals surface area contributed by atoms with Crippen molar-refractivity contribution in [1.82, 2.24) is 5.32 Å². The highest BCUT2D eigenvalue weighted by molar-refractivity contribution is 5.71. The molecule has 0 saturated heterocycles. The zero-order chi connectivity index (χ0) is 9.56. The van der Waals surface area contributed by atoms with Crippen molar-refractivity contribution in [3.05, 3.63) is 0 Å². The van der Waals surface area contributed by atoms with Crippen molar-refractivity contribution in [3.63, 3.8) is 0 Å². The molecule has 0 aliphatic rings. The lowest BCUT2D eigenvalue weighted by molar-refractivity contribution is -0.139. The van der Waals surface area contributed by atoms with E-state index in [1.807, 2.05) is 0 Å². The van der Waals surface area contributed by atoms with E-state index in [0.29, 0.717) is 18.5 Å². The quantitative estimate of drug-likeness (QED) is 0.634. The molecule has 12 heavy (non-hydrogen) atoms. The maximum absolute atomic E-state index is 10.8. The molecule has 0 aromatic heterocycles. The van der Waals surface area contributed by atoms with Crippen LogP contribution in [0.3, 0.4) is 0 Å². The molecule has 3 heteroatoms. The number of ether oxygens (including phenoxy) is 1. The van der Waals surface area contributed by atoms with Crippen LogP contribution in [0.15, 0.2) is 0 Å². The Labute approximate surface area is 74.5 Å². The lowest BCUT2D eigenvalue weighted by atomic mass is 10.0. The van der Waals surface area contributed by atoms with Gasteiger partial charge in [0.2, 0.25) is 0 Å². The van der Waals surface area contributed by atoms with Gasteiger partial charge in [-0.05, 0) is 12.3 Å². The first-order valence-corrected chi connectivity index (χ1v) is 4.42. The number of hydrogen-bond donors (Lipinski definition) is 1. The summed E-state index contributed by atoms with van der Waals surface area (Å²) in [4.78, 5) is 10.8. The third kappa shape index (κ3) is 4.34. The van der Waals surface area contributed by atoms with E-state index in [4.69, 9.17) is 0 Å². The first-order valence-electron chi connectivity index (χ1n) is 4.42. The zero-order valence-corrected chi connectivity index (χ0v) is 8.39. The molecule has 0 saturated carbocycles. The smallest absolute Gasteiger partial charge is 0.319 e. The van der Waals surface area contributed by atoms with Crippen LogP contribution in [-0.2, 0) is 9.53 Å². The summed E-state index contributed by atoms with van der Waals surface area (Å²) < 4.78 is 4.52. The summed E-state index contributed by atoms with van der Waals surface area (Å²) in [6.07, 6.45) is 1.04. The van der Waals surface area contributed by atoms with Gasteiger partial charge in [0.05, 0.1) is 13.7 Å². The van der Waals surface area contributed by atoms with Gasteiger partial charge in [-0.15, -0.1) is 0 Å². The van der Waals surface area contributed by atoms with Crippen molar-refractivity contribution in [2.45, 2.75) is 33.2 Å². The molecule has 0 spiro atoms. The number of nitrogens with one attached hydrogen (secondary N) is 1. The van der Waals surface area contributed by atoms with E-state index >= 15 is 0 Å². The van der Waals surface area contributed by atoms with E-state index in [0.717, 1.165) is 6.42 Å². The molecule has 0 aromatic carbocycles. The summed E-state index contributed by atoms with van der Waals surface area (Å²) in [5.41, 5.74) is 0. The maximum atomic E-state index is 10.8. The van der Waals surface area contributed by atoms with Gasteiger partial charge in [0.15, 0.2) is 0 Å². The SMILES string of the molecule is CCC(NCC(=O)OC)C(C)C. The Morgan fingerprint density at radius 3 is 2.42 bits per heavy atom. The van der Waals surface area contributed by atoms with Gasteiger partial charge in [-0.2, -0.15) is 0 Å². The fraction of sp³-hybridized carbons (Fsp3) is 0.889. The fourth-order valence-electron chi connectivity index (χ4n) is 1.14. The largest absolute Gasteiger partial charge is 0.468 e. The first-order chi connectivity index (χ1) is 5.61. The molecule has 1 unspecified atom stereocenters. The molecule has 0 amide bonds. The normalized spacial score (nSPS) is 13.1. The molecule has 0 radical (unpaired) electrons. The summed E-state index contributed by atoms with van der Waals surface area (Å²) >= 11 is 0. The van der Waals surface area contributed by atoms with Crippen LogP contribution in [0.1, 0.15) is 27.2 Å². The number of methoxy groups -OCH3 is 1. The molecule has 0 rings (SSSR count). The number of esters is 1. The number of rotatable bonds is 5. The van der Waals surface area contributed by atoms with Crippen LogP contribution >= 0.6 is 0 Å². The Bertz CT molecular complexity index is 134. The van der Waals surface area contributed by atoms with Crippen LogP contribution in [0.4, 0.5) is 0 Å². The number of carbonyl (C=O) groups is 1. The molecule has 0 aromatic rings. The molecule has 3 nitrogen and oxygen atoms in total. The average molecular weight is 173 g/mol. The minimum Gasteiger partial charge on any atom is -0.468 e. The Morgan fingerprint density at radius 1 is 1.50 bits per heavy atom. The van der Waals surface area contributed by atoms with Crippen molar-refractivity contribution < 1.29 is 9.53 Å². The highest BCUT2D eigenvalue weighted by Crippen LogP contribution is 2.04. The van der Waals surface area contributed by atoms with Crippen LogP contribution < -0.4 is 5.32 Å². The second kappa shape index (κ2) is 6.00. The van der Waals surface area contributed by atoms with Crippen molar-refractivity contribution in [2.75, 3.05) is 13.7 Å². The lowest BCUT2D eigenvalue weighted by Crippen LogP contribution is -2.37. The minimum absolute atomic E-state index is 0.200. The minimum atomic E-state index is -0.200. The van der Waals surface area contributed by atoms with Gasteiger partial charge in [0.25, 0.3) is 0 Å². The van der Waals surface area contributed by atoms with E-state index in [1.54, 1.807) is 0 Å². The van der Waals surface area contributed by atoms with Gasteiger partial charge in [-0.25, -0.2) is 0 Å². The predicted molar refractivity (Wildman–Crippen MR) is 48.9 cm³/mol. The van der Waals surface area contributed by atoms with Crippen LogP contribution in [0.5, 0.6) is 0 Å². The van der Waals surface area contributed by atoms with Gasteiger partial charge in [-0.3, -0.25) is 4.79 Å². The lowest BCUT2D eigenvalue weighted by Gasteiger charge is -2.19. The van der Waals surface area contributed by atoms with Gasteiger partial charge in [-0.1, -0.05) is 20.8 Å². The number of carbonyl (C=O) groups excluding carboxylic acids is 1. The summed E-state index contributed by atoms with van der Waals surface area (Å²) in [6, 6.07) is 0.407. The Kier molecular flexibility index (Phi) is 5.72. The van der Waals surface area contributed by atoms with E-state index in [2.05, 4.69) is 30.8 Å². The second-order valence-corrected chi connectivity index (χ2v) is 3.22. The maximum Gasteiger partial charge on any atom is 0.319 e. The van der Waals surface area contributed by atoms with Crippen molar-refractivity contribution in [2.24, 2.45) is 5.92 Å². The Morgan fingerprint density at radius 2 is 2.08 bits per heavy atom. The van der Waals surface area contributed by atoms with Gasteiger partial charge in [0, 0.05) is 6.04 Å². The van der Waals surface area contributed by atoms with Crippen LogP contribution in [0, 0.1) is 5.92 Å². The van der Waals surface area contributed by atoms with Gasteiger partial charge < -0.3 is 10.1 Å². The summed E-state index contributed by atoms with van der Waals surface area (Å²) in [5.74, 6) is 0.355. The van der Waals surface area contributed by atoms with E-state index in [9.17, 15) is 4.79 Å².